The van der Waals surface area contributed by atoms with Gasteiger partial charge < -0.3 is 0 Å². The van der Waals surface area contributed by atoms with Crippen molar-refractivity contribution in [3.05, 3.63) is 0 Å². The lowest BCUT2D eigenvalue weighted by Gasteiger charge is -2.08. The van der Waals surface area contributed by atoms with Crippen LogP contribution in [-0.4, -0.2) is 0 Å². The largest absolute Gasteiger partial charge is 0.0614 e. The first-order valence-corrected chi connectivity index (χ1v) is 3.56. The molecule has 0 bridgehead atoms. The Hall–Kier alpha value is 0. The van der Waals surface area contributed by atoms with Crippen LogP contribution in [0.4, 0.5) is 0 Å². The standard InChI is InChI=1S/C8H14/c1-5-7(3)6(2)8(5,7)4/h5-6H,1-4H3. The van der Waals surface area contributed by atoms with Crippen molar-refractivity contribution >= 4 is 0 Å². The summed E-state index contributed by atoms with van der Waals surface area (Å²) < 4.78 is 0. The zero-order valence-corrected chi connectivity index (χ0v) is 6.15. The molecular weight excluding hydrogens is 96.1 g/mol. The van der Waals surface area contributed by atoms with Crippen LogP contribution in [0.2, 0.25) is 0 Å². The summed E-state index contributed by atoms with van der Waals surface area (Å²) in [5.41, 5.74) is 1.54. The van der Waals surface area contributed by atoms with Gasteiger partial charge in [0, 0.05) is 0 Å². The summed E-state index contributed by atoms with van der Waals surface area (Å²) >= 11 is 0. The second kappa shape index (κ2) is 0.778. The molecule has 0 N–H and O–H groups in total. The molecule has 0 aliphatic heterocycles. The fourth-order valence-electron chi connectivity index (χ4n) is 2.90. The Balaban J connectivity index is 2.28. The summed E-state index contributed by atoms with van der Waals surface area (Å²) in [4.78, 5) is 0. The third kappa shape index (κ3) is 0.178. The molecule has 8 heavy (non-hydrogen) atoms. The van der Waals surface area contributed by atoms with Gasteiger partial charge in [0.1, 0.15) is 0 Å². The van der Waals surface area contributed by atoms with Gasteiger partial charge in [0.15, 0.2) is 0 Å². The number of hydrogen-bond acceptors (Lipinski definition) is 0. The van der Waals surface area contributed by atoms with Gasteiger partial charge in [-0.05, 0) is 22.7 Å². The summed E-state index contributed by atoms with van der Waals surface area (Å²) in [6.07, 6.45) is 0. The maximum Gasteiger partial charge on any atom is -0.0204 e. The summed E-state index contributed by atoms with van der Waals surface area (Å²) in [6, 6.07) is 0. The van der Waals surface area contributed by atoms with Crippen molar-refractivity contribution in [2.45, 2.75) is 27.7 Å². The summed E-state index contributed by atoms with van der Waals surface area (Å²) in [6.45, 7) is 9.59. The molecule has 0 spiro atoms. The van der Waals surface area contributed by atoms with E-state index in [1.807, 2.05) is 0 Å². The first-order chi connectivity index (χ1) is 3.56. The number of rotatable bonds is 0. The highest BCUT2D eigenvalue weighted by Crippen LogP contribution is 2.92. The van der Waals surface area contributed by atoms with E-state index in [9.17, 15) is 0 Å². The summed E-state index contributed by atoms with van der Waals surface area (Å²) in [7, 11) is 0. The molecule has 0 aromatic heterocycles. The average molecular weight is 110 g/mol. The number of hydrogen-bond donors (Lipinski definition) is 0. The monoisotopic (exact) mass is 110 g/mol. The molecule has 0 amide bonds. The predicted octanol–water partition coefficient (Wildman–Crippen LogP) is 2.30. The average Bonchev–Trinajstić information content (AvgIpc) is 2.34. The van der Waals surface area contributed by atoms with Crippen LogP contribution in [0.25, 0.3) is 0 Å². The Morgan fingerprint density at radius 3 is 1.12 bits per heavy atom. The topological polar surface area (TPSA) is 0 Å². The molecule has 0 aromatic carbocycles. The van der Waals surface area contributed by atoms with Crippen LogP contribution in [0.3, 0.4) is 0 Å². The van der Waals surface area contributed by atoms with Crippen molar-refractivity contribution in [3.8, 4) is 0 Å². The second-order valence-corrected chi connectivity index (χ2v) is 4.01. The van der Waals surface area contributed by atoms with Crippen molar-refractivity contribution in [2.75, 3.05) is 0 Å². The van der Waals surface area contributed by atoms with E-state index in [2.05, 4.69) is 27.7 Å². The Morgan fingerprint density at radius 2 is 1.12 bits per heavy atom. The third-order valence-electron chi connectivity index (χ3n) is 4.59. The molecule has 0 unspecified atom stereocenters. The molecule has 2 saturated carbocycles. The lowest BCUT2D eigenvalue weighted by Crippen LogP contribution is -2.02. The van der Waals surface area contributed by atoms with E-state index in [4.69, 9.17) is 0 Å². The molecule has 2 fully saturated rings. The van der Waals surface area contributed by atoms with E-state index in [1.165, 1.54) is 0 Å². The first kappa shape index (κ1) is 4.84. The van der Waals surface area contributed by atoms with E-state index in [-0.39, 0.29) is 0 Å². The van der Waals surface area contributed by atoms with Gasteiger partial charge in [0.25, 0.3) is 0 Å². The van der Waals surface area contributed by atoms with Crippen LogP contribution in [0.1, 0.15) is 27.7 Å². The van der Waals surface area contributed by atoms with Crippen molar-refractivity contribution in [1.82, 2.24) is 0 Å². The molecular formula is C8H14. The van der Waals surface area contributed by atoms with Crippen molar-refractivity contribution in [2.24, 2.45) is 22.7 Å². The Bertz CT molecular complexity index is 120. The fraction of sp³-hybridized carbons (Fsp3) is 1.00. The van der Waals surface area contributed by atoms with Crippen LogP contribution >= 0.6 is 0 Å². The minimum absolute atomic E-state index is 0.771. The molecule has 2 aliphatic carbocycles. The van der Waals surface area contributed by atoms with Crippen LogP contribution in [0.5, 0.6) is 0 Å². The van der Waals surface area contributed by atoms with E-state index in [1.54, 1.807) is 0 Å². The second-order valence-electron chi connectivity index (χ2n) is 4.01. The van der Waals surface area contributed by atoms with Crippen molar-refractivity contribution in [1.29, 1.82) is 0 Å². The highest BCUT2D eigenvalue weighted by molar-refractivity contribution is 5.35. The Labute approximate surface area is 51.3 Å². The smallest absolute Gasteiger partial charge is 0.0204 e. The maximum absolute atomic E-state index is 2.42. The molecule has 0 radical (unpaired) electrons. The van der Waals surface area contributed by atoms with Crippen molar-refractivity contribution < 1.29 is 0 Å². The van der Waals surface area contributed by atoms with Gasteiger partial charge >= 0.3 is 0 Å². The zero-order valence-electron chi connectivity index (χ0n) is 6.15. The molecule has 2 rings (SSSR count). The van der Waals surface area contributed by atoms with Gasteiger partial charge in [-0.2, -0.15) is 0 Å². The van der Waals surface area contributed by atoms with Gasteiger partial charge in [-0.3, -0.25) is 0 Å². The lowest BCUT2D eigenvalue weighted by atomic mass is 9.96. The van der Waals surface area contributed by atoms with E-state index >= 15 is 0 Å². The number of fused-ring (bicyclic) bond motifs is 1. The molecule has 0 heterocycles. The van der Waals surface area contributed by atoms with Crippen molar-refractivity contribution in [3.63, 3.8) is 0 Å². The van der Waals surface area contributed by atoms with Gasteiger partial charge in [0.2, 0.25) is 0 Å². The SMILES string of the molecule is CC1C2(C)C(C)C12C. The minimum atomic E-state index is 0.771. The molecule has 0 nitrogen and oxygen atoms in total. The summed E-state index contributed by atoms with van der Waals surface area (Å²) in [5.74, 6) is 2.04. The van der Waals surface area contributed by atoms with E-state index < -0.39 is 0 Å². The normalized spacial score (nSPS) is 76.5. The van der Waals surface area contributed by atoms with E-state index in [0.717, 1.165) is 22.7 Å². The summed E-state index contributed by atoms with van der Waals surface area (Å²) in [5, 5.41) is 0. The fourth-order valence-corrected chi connectivity index (χ4v) is 2.90. The van der Waals surface area contributed by atoms with Gasteiger partial charge in [0.05, 0.1) is 0 Å². The third-order valence-corrected chi connectivity index (χ3v) is 4.59. The van der Waals surface area contributed by atoms with Crippen LogP contribution in [0, 0.1) is 22.7 Å². The molecule has 0 heteroatoms. The molecule has 0 atom stereocenters. The minimum Gasteiger partial charge on any atom is -0.0614 e. The highest BCUT2D eigenvalue weighted by atomic mass is 14.9. The van der Waals surface area contributed by atoms with Crippen LogP contribution in [0.15, 0.2) is 0 Å². The van der Waals surface area contributed by atoms with Gasteiger partial charge in [-0.1, -0.05) is 27.7 Å². The molecule has 2 aliphatic rings. The van der Waals surface area contributed by atoms with Gasteiger partial charge in [-0.25, -0.2) is 0 Å². The van der Waals surface area contributed by atoms with Crippen LogP contribution < -0.4 is 0 Å². The molecule has 0 aromatic rings. The van der Waals surface area contributed by atoms with Crippen LogP contribution in [-0.2, 0) is 0 Å². The van der Waals surface area contributed by atoms with Gasteiger partial charge in [-0.15, -0.1) is 0 Å². The Morgan fingerprint density at radius 1 is 0.875 bits per heavy atom. The zero-order chi connectivity index (χ0) is 6.15. The molecule has 46 valence electrons. The first-order valence-electron chi connectivity index (χ1n) is 3.56. The lowest BCUT2D eigenvalue weighted by molar-refractivity contribution is 0.398. The maximum atomic E-state index is 2.42. The van der Waals surface area contributed by atoms with E-state index in [0.29, 0.717) is 0 Å². The quantitative estimate of drug-likeness (QED) is 0.449. The Kier molecular flexibility index (Phi) is 0.471. The molecule has 0 saturated heterocycles. The predicted molar refractivity (Wildman–Crippen MR) is 34.5 cm³/mol. The highest BCUT2D eigenvalue weighted by Gasteiger charge is 2.88.